The molecule has 1 fully saturated rings. The lowest BCUT2D eigenvalue weighted by molar-refractivity contribution is 0.108. The van der Waals surface area contributed by atoms with Gasteiger partial charge in [-0.3, -0.25) is 0 Å². The number of ether oxygens (including phenoxy) is 1. The minimum absolute atomic E-state index is 0.466. The second kappa shape index (κ2) is 7.10. The highest BCUT2D eigenvalue weighted by molar-refractivity contribution is 5.29. The van der Waals surface area contributed by atoms with Crippen LogP contribution in [-0.4, -0.2) is 24.2 Å². The summed E-state index contributed by atoms with van der Waals surface area (Å²) in [7, 11) is 0. The summed E-state index contributed by atoms with van der Waals surface area (Å²) in [5.74, 6) is 0. The molecule has 1 aromatic heterocycles. The molecule has 0 radical (unpaired) electrons. The van der Waals surface area contributed by atoms with E-state index in [1.807, 2.05) is 12.1 Å². The Hall–Kier alpha value is -1.44. The van der Waals surface area contributed by atoms with Crippen LogP contribution < -0.4 is 5.32 Å². The van der Waals surface area contributed by atoms with Crippen LogP contribution in [0.1, 0.15) is 36.9 Å². The van der Waals surface area contributed by atoms with Gasteiger partial charge < -0.3 is 10.1 Å². The summed E-state index contributed by atoms with van der Waals surface area (Å²) in [4.78, 5) is 4.01. The number of aromatic nitrogens is 1. The first-order valence-corrected chi connectivity index (χ1v) is 6.55. The van der Waals surface area contributed by atoms with Crippen molar-refractivity contribution in [1.29, 1.82) is 5.26 Å². The molecule has 1 atom stereocenters. The quantitative estimate of drug-likeness (QED) is 0.806. The molecule has 1 N–H and O–H groups in total. The third kappa shape index (κ3) is 3.80. The largest absolute Gasteiger partial charge is 0.377 e. The van der Waals surface area contributed by atoms with E-state index < -0.39 is 0 Å². The van der Waals surface area contributed by atoms with Crippen LogP contribution in [0.25, 0.3) is 0 Å². The third-order valence-electron chi connectivity index (χ3n) is 3.28. The standard InChI is InChI=1S/C14H19N3O/c15-10-14-12(4-3-8-17-14)11-18-9-6-13-5-1-2-7-16-13/h3-4,8,13,16H,1-2,5-7,9,11H2. The van der Waals surface area contributed by atoms with Crippen molar-refractivity contribution >= 4 is 0 Å². The molecule has 1 aromatic rings. The number of nitrogens with zero attached hydrogens (tertiary/aromatic N) is 2. The Balaban J connectivity index is 1.70. The number of nitrogens with one attached hydrogen (secondary N) is 1. The van der Waals surface area contributed by atoms with Crippen molar-refractivity contribution in [2.45, 2.75) is 38.3 Å². The first-order chi connectivity index (χ1) is 8.90. The molecule has 1 saturated heterocycles. The van der Waals surface area contributed by atoms with E-state index in [1.165, 1.54) is 19.3 Å². The van der Waals surface area contributed by atoms with Crippen LogP contribution >= 0.6 is 0 Å². The number of hydrogen-bond donors (Lipinski definition) is 1. The van der Waals surface area contributed by atoms with Gasteiger partial charge in [-0.2, -0.15) is 5.26 Å². The van der Waals surface area contributed by atoms with Crippen LogP contribution in [0.2, 0.25) is 0 Å². The maximum Gasteiger partial charge on any atom is 0.145 e. The highest BCUT2D eigenvalue weighted by atomic mass is 16.5. The molecular weight excluding hydrogens is 226 g/mol. The normalized spacial score (nSPS) is 19.4. The summed E-state index contributed by atoms with van der Waals surface area (Å²) >= 11 is 0. The van der Waals surface area contributed by atoms with Gasteiger partial charge >= 0.3 is 0 Å². The zero-order valence-electron chi connectivity index (χ0n) is 10.6. The van der Waals surface area contributed by atoms with E-state index in [2.05, 4.69) is 16.4 Å². The Kier molecular flexibility index (Phi) is 5.13. The zero-order chi connectivity index (χ0) is 12.6. The number of rotatable bonds is 5. The molecule has 2 heterocycles. The summed E-state index contributed by atoms with van der Waals surface area (Å²) in [5.41, 5.74) is 1.34. The Bertz CT molecular complexity index is 408. The fourth-order valence-corrected chi connectivity index (χ4v) is 2.23. The molecule has 0 amide bonds. The number of piperidine rings is 1. The van der Waals surface area contributed by atoms with Gasteiger partial charge in [0.05, 0.1) is 6.61 Å². The van der Waals surface area contributed by atoms with Crippen molar-refractivity contribution in [3.8, 4) is 6.07 Å². The van der Waals surface area contributed by atoms with Crippen molar-refractivity contribution in [2.24, 2.45) is 0 Å². The smallest absolute Gasteiger partial charge is 0.145 e. The maximum absolute atomic E-state index is 8.90. The van der Waals surface area contributed by atoms with E-state index in [-0.39, 0.29) is 0 Å². The van der Waals surface area contributed by atoms with Crippen molar-refractivity contribution < 1.29 is 4.74 Å². The van der Waals surface area contributed by atoms with Gasteiger partial charge in [0.25, 0.3) is 0 Å². The van der Waals surface area contributed by atoms with E-state index in [4.69, 9.17) is 10.00 Å². The van der Waals surface area contributed by atoms with Crippen LogP contribution in [-0.2, 0) is 11.3 Å². The Labute approximate surface area is 108 Å². The van der Waals surface area contributed by atoms with Gasteiger partial charge in [-0.1, -0.05) is 12.5 Å². The zero-order valence-corrected chi connectivity index (χ0v) is 10.6. The van der Waals surface area contributed by atoms with Crippen molar-refractivity contribution in [1.82, 2.24) is 10.3 Å². The number of nitriles is 1. The third-order valence-corrected chi connectivity index (χ3v) is 3.28. The highest BCUT2D eigenvalue weighted by Crippen LogP contribution is 2.11. The minimum Gasteiger partial charge on any atom is -0.377 e. The molecule has 1 aliphatic rings. The second-order valence-electron chi connectivity index (χ2n) is 4.61. The molecule has 0 bridgehead atoms. The van der Waals surface area contributed by atoms with Crippen LogP contribution in [0.4, 0.5) is 0 Å². The van der Waals surface area contributed by atoms with E-state index in [1.54, 1.807) is 6.20 Å². The van der Waals surface area contributed by atoms with E-state index in [0.717, 1.165) is 25.1 Å². The Morgan fingerprint density at radius 3 is 3.22 bits per heavy atom. The van der Waals surface area contributed by atoms with Crippen molar-refractivity contribution in [2.75, 3.05) is 13.2 Å². The van der Waals surface area contributed by atoms with Gasteiger partial charge in [0.1, 0.15) is 11.8 Å². The van der Waals surface area contributed by atoms with Crippen LogP contribution in [0.5, 0.6) is 0 Å². The topological polar surface area (TPSA) is 57.9 Å². The molecule has 0 aliphatic carbocycles. The van der Waals surface area contributed by atoms with E-state index >= 15 is 0 Å². The maximum atomic E-state index is 8.90. The van der Waals surface area contributed by atoms with Crippen molar-refractivity contribution in [3.05, 3.63) is 29.6 Å². The highest BCUT2D eigenvalue weighted by Gasteiger charge is 2.11. The van der Waals surface area contributed by atoms with Gasteiger partial charge in [0, 0.05) is 24.4 Å². The lowest BCUT2D eigenvalue weighted by Crippen LogP contribution is -2.34. The summed E-state index contributed by atoms with van der Waals surface area (Å²) in [6.45, 7) is 2.34. The SMILES string of the molecule is N#Cc1ncccc1COCCC1CCCCN1. The van der Waals surface area contributed by atoms with Gasteiger partial charge in [-0.15, -0.1) is 0 Å². The monoisotopic (exact) mass is 245 g/mol. The first-order valence-electron chi connectivity index (χ1n) is 6.55. The average Bonchev–Trinajstić information content (AvgIpc) is 2.45. The molecule has 0 spiro atoms. The predicted octanol–water partition coefficient (Wildman–Crippen LogP) is 2.00. The average molecular weight is 245 g/mol. The molecular formula is C14H19N3O. The molecule has 4 heteroatoms. The molecule has 0 saturated carbocycles. The van der Waals surface area contributed by atoms with Gasteiger partial charge in [-0.05, 0) is 31.9 Å². The van der Waals surface area contributed by atoms with Gasteiger partial charge in [0.2, 0.25) is 0 Å². The summed E-state index contributed by atoms with van der Waals surface area (Å²) < 4.78 is 5.63. The lowest BCUT2D eigenvalue weighted by Gasteiger charge is -2.23. The molecule has 1 aliphatic heterocycles. The summed E-state index contributed by atoms with van der Waals surface area (Å²) in [6.07, 6.45) is 6.53. The number of pyridine rings is 1. The Morgan fingerprint density at radius 1 is 1.50 bits per heavy atom. The Morgan fingerprint density at radius 2 is 2.44 bits per heavy atom. The molecule has 1 unspecified atom stereocenters. The van der Waals surface area contributed by atoms with E-state index in [9.17, 15) is 0 Å². The molecule has 2 rings (SSSR count). The second-order valence-corrected chi connectivity index (χ2v) is 4.61. The van der Waals surface area contributed by atoms with Crippen LogP contribution in [0.15, 0.2) is 18.3 Å². The van der Waals surface area contributed by atoms with Crippen LogP contribution in [0, 0.1) is 11.3 Å². The lowest BCUT2D eigenvalue weighted by atomic mass is 10.0. The predicted molar refractivity (Wildman–Crippen MR) is 68.9 cm³/mol. The molecule has 96 valence electrons. The fraction of sp³-hybridized carbons (Fsp3) is 0.571. The molecule has 18 heavy (non-hydrogen) atoms. The van der Waals surface area contributed by atoms with Gasteiger partial charge in [-0.25, -0.2) is 4.98 Å². The van der Waals surface area contributed by atoms with E-state index in [0.29, 0.717) is 18.3 Å². The van der Waals surface area contributed by atoms with Crippen LogP contribution in [0.3, 0.4) is 0 Å². The fourth-order valence-electron chi connectivity index (χ4n) is 2.23. The summed E-state index contributed by atoms with van der Waals surface area (Å²) in [5, 5.41) is 12.4. The minimum atomic E-state index is 0.466. The first kappa shape index (κ1) is 13.0. The molecule has 4 nitrogen and oxygen atoms in total. The molecule has 0 aromatic carbocycles. The van der Waals surface area contributed by atoms with Crippen molar-refractivity contribution in [3.63, 3.8) is 0 Å². The number of hydrogen-bond acceptors (Lipinski definition) is 4. The van der Waals surface area contributed by atoms with Gasteiger partial charge in [0.15, 0.2) is 0 Å². The summed E-state index contributed by atoms with van der Waals surface area (Å²) in [6, 6.07) is 6.41.